The van der Waals surface area contributed by atoms with Crippen molar-refractivity contribution in [2.45, 2.75) is 0 Å². The van der Waals surface area contributed by atoms with Crippen LogP contribution in [0.4, 0.5) is 0 Å². The summed E-state index contributed by atoms with van der Waals surface area (Å²) in [6.07, 6.45) is 0. The second-order valence-corrected chi connectivity index (χ2v) is 0.289. The second kappa shape index (κ2) is 110. The zero-order valence-electron chi connectivity index (χ0n) is 5.50. The standard InChI is InChI=1S/3CH2O2.Li.Ni/c3*2-1-3;;/h3*1H,(H,2,3);;/q;;;+1;+2/p-3. The van der Waals surface area contributed by atoms with E-state index in [1.54, 1.807) is 0 Å². The summed E-state index contributed by atoms with van der Waals surface area (Å²) in [4.78, 5) is 24.8. The third kappa shape index (κ3) is 2150. The van der Waals surface area contributed by atoms with Crippen LogP contribution in [-0.2, 0) is 30.9 Å². The molecule has 0 unspecified atom stereocenters. The van der Waals surface area contributed by atoms with E-state index >= 15 is 0 Å². The minimum Gasteiger partial charge on any atom is -0.554 e. The van der Waals surface area contributed by atoms with Gasteiger partial charge in [-0.25, -0.2) is 0 Å². The molecule has 0 N–H and O–H groups in total. The Morgan fingerprint density at radius 3 is 0.727 bits per heavy atom. The molecule has 0 aromatic heterocycles. The molecular weight excluding hydrogens is 198 g/mol. The Hall–Kier alpha value is -0.499. The molecule has 62 valence electrons. The Morgan fingerprint density at radius 1 is 0.727 bits per heavy atom. The van der Waals surface area contributed by atoms with E-state index in [4.69, 9.17) is 29.7 Å². The third-order valence-electron chi connectivity index (χ3n) is 0. The summed E-state index contributed by atoms with van der Waals surface area (Å²) in [5.41, 5.74) is 0. The third-order valence-corrected chi connectivity index (χ3v) is 0. The molecule has 0 aromatic rings. The molecule has 0 aliphatic rings. The van der Waals surface area contributed by atoms with Crippen molar-refractivity contribution in [3.8, 4) is 0 Å². The topological polar surface area (TPSA) is 120 Å². The maximum absolute atomic E-state index is 8.25. The van der Waals surface area contributed by atoms with Crippen LogP contribution in [0.15, 0.2) is 0 Å². The number of hydrogen-bond acceptors (Lipinski definition) is 6. The molecule has 0 atom stereocenters. The summed E-state index contributed by atoms with van der Waals surface area (Å²) in [7, 11) is 0. The van der Waals surface area contributed by atoms with Gasteiger partial charge in [0.05, 0.1) is 0 Å². The van der Waals surface area contributed by atoms with Crippen LogP contribution in [0.5, 0.6) is 0 Å². The Balaban J connectivity index is -0.0000000150. The van der Waals surface area contributed by atoms with Crippen LogP contribution in [0.25, 0.3) is 0 Å². The summed E-state index contributed by atoms with van der Waals surface area (Å²) in [6.45, 7) is -1.50. The molecule has 8 heteroatoms. The van der Waals surface area contributed by atoms with Gasteiger partial charge in [-0.2, -0.15) is 0 Å². The van der Waals surface area contributed by atoms with Crippen molar-refractivity contribution in [1.29, 1.82) is 0 Å². The van der Waals surface area contributed by atoms with Crippen molar-refractivity contribution in [3.05, 3.63) is 0 Å². The van der Waals surface area contributed by atoms with E-state index in [1.165, 1.54) is 0 Å². The average molecular weight is 201 g/mol. The smallest absolute Gasteiger partial charge is 0.554 e. The van der Waals surface area contributed by atoms with Crippen LogP contribution in [0.2, 0.25) is 0 Å². The SMILES string of the molecule is O=C[O-].O=C[O-].O=C[O-].[Li+].[Ni+2]. The van der Waals surface area contributed by atoms with Crippen LogP contribution < -0.4 is 34.2 Å². The molecule has 0 heterocycles. The number of hydrogen-bond donors (Lipinski definition) is 0. The summed E-state index contributed by atoms with van der Waals surface area (Å²) in [5.74, 6) is 0. The average Bonchev–Trinajstić information content (AvgIpc) is 1.70. The second-order valence-electron chi connectivity index (χ2n) is 0.289. The van der Waals surface area contributed by atoms with Gasteiger partial charge in [0.15, 0.2) is 0 Å². The van der Waals surface area contributed by atoms with E-state index in [9.17, 15) is 0 Å². The number of carbonyl (C=O) groups excluding carboxylic acids is 3. The molecule has 0 spiro atoms. The molecule has 0 aliphatic carbocycles. The Kier molecular flexibility index (Phi) is 313. The predicted molar refractivity (Wildman–Crippen MR) is 18.2 cm³/mol. The molecular formula is C3H3LiNiO6. The molecule has 0 rings (SSSR count). The normalized spacial score (nSPS) is 3.27. The first kappa shape index (κ1) is 31.3. The first-order valence-corrected chi connectivity index (χ1v) is 1.41. The Morgan fingerprint density at radius 2 is 0.727 bits per heavy atom. The summed E-state index contributed by atoms with van der Waals surface area (Å²) < 4.78 is 0. The molecule has 0 aliphatic heterocycles. The van der Waals surface area contributed by atoms with Gasteiger partial charge in [-0.1, -0.05) is 0 Å². The fraction of sp³-hybridized carbons (Fsp3) is 0. The molecule has 0 radical (unpaired) electrons. The minimum absolute atomic E-state index is 0. The predicted octanol–water partition coefficient (Wildman–Crippen LogP) is -7.90. The largest absolute Gasteiger partial charge is 2.00 e. The van der Waals surface area contributed by atoms with Gasteiger partial charge in [0.1, 0.15) is 0 Å². The fourth-order valence-corrected chi connectivity index (χ4v) is 0. The first-order valence-electron chi connectivity index (χ1n) is 1.41. The quantitative estimate of drug-likeness (QED) is 0.283. The molecule has 0 saturated heterocycles. The van der Waals surface area contributed by atoms with Crippen molar-refractivity contribution >= 4 is 19.4 Å². The van der Waals surface area contributed by atoms with E-state index in [0.29, 0.717) is 0 Å². The van der Waals surface area contributed by atoms with E-state index in [-0.39, 0.29) is 35.4 Å². The molecule has 0 fully saturated rings. The van der Waals surface area contributed by atoms with E-state index in [2.05, 4.69) is 0 Å². The van der Waals surface area contributed by atoms with Crippen LogP contribution in [0.1, 0.15) is 0 Å². The first-order chi connectivity index (χ1) is 4.24. The van der Waals surface area contributed by atoms with Crippen molar-refractivity contribution in [2.75, 3.05) is 0 Å². The Labute approximate surface area is 84.7 Å². The van der Waals surface area contributed by atoms with Crippen LogP contribution in [-0.4, -0.2) is 19.4 Å². The minimum atomic E-state index is -0.500. The van der Waals surface area contributed by atoms with Crippen LogP contribution in [0, 0.1) is 0 Å². The van der Waals surface area contributed by atoms with E-state index < -0.39 is 19.4 Å². The Bertz CT molecular complexity index is 54.6. The number of carbonyl (C=O) groups is 3. The van der Waals surface area contributed by atoms with Gasteiger partial charge < -0.3 is 29.7 Å². The fourth-order valence-electron chi connectivity index (χ4n) is 0. The maximum Gasteiger partial charge on any atom is 2.00 e. The van der Waals surface area contributed by atoms with Gasteiger partial charge in [0.25, 0.3) is 0 Å². The molecule has 6 nitrogen and oxygen atoms in total. The van der Waals surface area contributed by atoms with Crippen LogP contribution >= 0.6 is 0 Å². The van der Waals surface area contributed by atoms with Gasteiger partial charge in [0.2, 0.25) is 0 Å². The van der Waals surface area contributed by atoms with Crippen LogP contribution in [0.3, 0.4) is 0 Å². The van der Waals surface area contributed by atoms with E-state index in [0.717, 1.165) is 0 Å². The number of carboxylic acid groups (broad SMARTS) is 3. The maximum atomic E-state index is 8.25. The van der Waals surface area contributed by atoms with E-state index in [1.807, 2.05) is 0 Å². The van der Waals surface area contributed by atoms with Gasteiger partial charge in [-0.3, -0.25) is 0 Å². The van der Waals surface area contributed by atoms with Gasteiger partial charge >= 0.3 is 35.4 Å². The zero-order valence-corrected chi connectivity index (χ0v) is 6.49. The molecule has 0 aromatic carbocycles. The molecule has 11 heavy (non-hydrogen) atoms. The molecule has 0 saturated carbocycles. The monoisotopic (exact) mass is 200 g/mol. The number of rotatable bonds is 0. The zero-order chi connectivity index (χ0) is 8.12. The van der Waals surface area contributed by atoms with Gasteiger partial charge in [-0.05, 0) is 0 Å². The summed E-state index contributed by atoms with van der Waals surface area (Å²) in [6, 6.07) is 0. The van der Waals surface area contributed by atoms with Crippen molar-refractivity contribution in [3.63, 3.8) is 0 Å². The summed E-state index contributed by atoms with van der Waals surface area (Å²) >= 11 is 0. The molecule has 0 bridgehead atoms. The van der Waals surface area contributed by atoms with Crippen molar-refractivity contribution in [2.24, 2.45) is 0 Å². The van der Waals surface area contributed by atoms with Gasteiger partial charge in [-0.15, -0.1) is 0 Å². The van der Waals surface area contributed by atoms with Crippen molar-refractivity contribution < 1.29 is 65.1 Å². The van der Waals surface area contributed by atoms with Gasteiger partial charge in [0, 0.05) is 19.4 Å². The molecule has 0 amide bonds. The van der Waals surface area contributed by atoms with Crippen molar-refractivity contribution in [1.82, 2.24) is 0 Å². The summed E-state index contributed by atoms with van der Waals surface area (Å²) in [5, 5.41) is 24.8.